The van der Waals surface area contributed by atoms with Crippen LogP contribution in [-0.2, 0) is 11.2 Å². The van der Waals surface area contributed by atoms with Crippen molar-refractivity contribution in [2.45, 2.75) is 12.5 Å². The first-order valence-electron chi connectivity index (χ1n) is 5.41. The fraction of sp³-hybridized carbons (Fsp3) is 0.556. The highest BCUT2D eigenvalue weighted by molar-refractivity contribution is 5.44. The molecule has 17 heavy (non-hydrogen) atoms. The zero-order valence-electron chi connectivity index (χ0n) is 9.09. The monoisotopic (exact) mass is 236 g/mol. The van der Waals surface area contributed by atoms with Crippen LogP contribution in [-0.4, -0.2) is 51.4 Å². The molecule has 2 aromatic heterocycles. The summed E-state index contributed by atoms with van der Waals surface area (Å²) >= 11 is 0. The Morgan fingerprint density at radius 2 is 2.47 bits per heavy atom. The summed E-state index contributed by atoms with van der Waals surface area (Å²) in [7, 11) is 0. The number of aromatic nitrogens is 5. The van der Waals surface area contributed by atoms with Gasteiger partial charge in [-0.15, -0.1) is 0 Å². The molecule has 2 aromatic rings. The van der Waals surface area contributed by atoms with Crippen LogP contribution in [0, 0.1) is 0 Å². The standard InChI is InChI=1S/C9H12N6O2/c1-2-16-5-6(10-1)3-8-12-9(14-17-8)7-4-11-15-13-7/h4,6,10H,1-3,5H2,(H,11,13,15). The van der Waals surface area contributed by atoms with Crippen LogP contribution in [0.2, 0.25) is 0 Å². The van der Waals surface area contributed by atoms with Gasteiger partial charge in [0, 0.05) is 19.0 Å². The SMILES string of the molecule is c1n[nH]nc1-c1noc(CC2COCCN2)n1. The van der Waals surface area contributed by atoms with Crippen LogP contribution in [0.15, 0.2) is 10.7 Å². The highest BCUT2D eigenvalue weighted by atomic mass is 16.5. The Balaban J connectivity index is 1.68. The summed E-state index contributed by atoms with van der Waals surface area (Å²) in [5.74, 6) is 1.02. The van der Waals surface area contributed by atoms with Gasteiger partial charge in [0.2, 0.25) is 11.7 Å². The maximum atomic E-state index is 5.35. The van der Waals surface area contributed by atoms with Gasteiger partial charge in [0.25, 0.3) is 0 Å². The molecule has 3 rings (SSSR count). The van der Waals surface area contributed by atoms with Gasteiger partial charge in [0.05, 0.1) is 19.4 Å². The molecule has 1 aliphatic rings. The molecule has 90 valence electrons. The molecular formula is C9H12N6O2. The number of nitrogens with one attached hydrogen (secondary N) is 2. The number of morpholine rings is 1. The molecule has 1 aliphatic heterocycles. The van der Waals surface area contributed by atoms with E-state index < -0.39 is 0 Å². The van der Waals surface area contributed by atoms with E-state index in [1.165, 1.54) is 0 Å². The van der Waals surface area contributed by atoms with Crippen LogP contribution in [0.5, 0.6) is 0 Å². The first-order valence-corrected chi connectivity index (χ1v) is 5.41. The maximum absolute atomic E-state index is 5.35. The molecule has 1 fully saturated rings. The first kappa shape index (κ1) is 10.4. The van der Waals surface area contributed by atoms with Crippen molar-refractivity contribution in [2.24, 2.45) is 0 Å². The Labute approximate surface area is 96.7 Å². The second-order valence-corrected chi connectivity index (χ2v) is 3.80. The Morgan fingerprint density at radius 3 is 3.24 bits per heavy atom. The number of rotatable bonds is 3. The third kappa shape index (κ3) is 2.32. The molecule has 0 amide bonds. The van der Waals surface area contributed by atoms with E-state index in [0.717, 1.165) is 13.2 Å². The second-order valence-electron chi connectivity index (χ2n) is 3.80. The zero-order valence-corrected chi connectivity index (χ0v) is 9.09. The van der Waals surface area contributed by atoms with Crippen molar-refractivity contribution in [1.82, 2.24) is 30.9 Å². The van der Waals surface area contributed by atoms with Gasteiger partial charge in [0.15, 0.2) is 5.69 Å². The fourth-order valence-corrected chi connectivity index (χ4v) is 1.71. The van der Waals surface area contributed by atoms with Crippen molar-refractivity contribution in [3.8, 4) is 11.5 Å². The predicted octanol–water partition coefficient (Wildman–Crippen LogP) is -0.614. The second kappa shape index (κ2) is 4.60. The Bertz CT molecular complexity index is 462. The summed E-state index contributed by atoms with van der Waals surface area (Å²) in [6.45, 7) is 2.28. The summed E-state index contributed by atoms with van der Waals surface area (Å²) in [4.78, 5) is 4.25. The van der Waals surface area contributed by atoms with E-state index in [9.17, 15) is 0 Å². The highest BCUT2D eigenvalue weighted by Crippen LogP contribution is 2.12. The molecule has 0 aromatic carbocycles. The van der Waals surface area contributed by atoms with Crippen molar-refractivity contribution < 1.29 is 9.26 Å². The largest absolute Gasteiger partial charge is 0.378 e. The number of hydrogen-bond acceptors (Lipinski definition) is 7. The van der Waals surface area contributed by atoms with Gasteiger partial charge in [-0.05, 0) is 0 Å². The lowest BCUT2D eigenvalue weighted by atomic mass is 10.2. The number of aromatic amines is 1. The van der Waals surface area contributed by atoms with Crippen LogP contribution in [0.3, 0.4) is 0 Å². The molecule has 0 bridgehead atoms. The normalized spacial score (nSPS) is 20.6. The van der Waals surface area contributed by atoms with Gasteiger partial charge < -0.3 is 14.6 Å². The minimum absolute atomic E-state index is 0.231. The van der Waals surface area contributed by atoms with Crippen molar-refractivity contribution in [1.29, 1.82) is 0 Å². The fourth-order valence-electron chi connectivity index (χ4n) is 1.71. The lowest BCUT2D eigenvalue weighted by Gasteiger charge is -2.22. The molecule has 1 atom stereocenters. The van der Waals surface area contributed by atoms with Crippen LogP contribution in [0.1, 0.15) is 5.89 Å². The average molecular weight is 236 g/mol. The topological polar surface area (TPSA) is 102 Å². The van der Waals surface area contributed by atoms with Gasteiger partial charge in [-0.1, -0.05) is 5.16 Å². The van der Waals surface area contributed by atoms with Crippen LogP contribution < -0.4 is 5.32 Å². The van der Waals surface area contributed by atoms with E-state index in [2.05, 4.69) is 30.9 Å². The Morgan fingerprint density at radius 1 is 1.47 bits per heavy atom. The molecule has 0 saturated carbocycles. The van der Waals surface area contributed by atoms with E-state index in [-0.39, 0.29) is 6.04 Å². The Hall–Kier alpha value is -1.80. The van der Waals surface area contributed by atoms with Crippen LogP contribution >= 0.6 is 0 Å². The van der Waals surface area contributed by atoms with Crippen LogP contribution in [0.25, 0.3) is 11.5 Å². The third-order valence-electron chi connectivity index (χ3n) is 2.53. The molecule has 8 nitrogen and oxygen atoms in total. The van der Waals surface area contributed by atoms with Gasteiger partial charge in [-0.3, -0.25) is 0 Å². The van der Waals surface area contributed by atoms with E-state index in [1.807, 2.05) is 0 Å². The third-order valence-corrected chi connectivity index (χ3v) is 2.53. The Kier molecular flexibility index (Phi) is 2.80. The maximum Gasteiger partial charge on any atom is 0.228 e. The molecular weight excluding hydrogens is 224 g/mol. The molecule has 0 aliphatic carbocycles. The summed E-state index contributed by atoms with van der Waals surface area (Å²) in [5.41, 5.74) is 0.577. The van der Waals surface area contributed by atoms with E-state index in [0.29, 0.717) is 30.4 Å². The minimum atomic E-state index is 0.231. The molecule has 0 spiro atoms. The summed E-state index contributed by atoms with van der Waals surface area (Å²) in [5, 5.41) is 17.3. The van der Waals surface area contributed by atoms with Gasteiger partial charge >= 0.3 is 0 Å². The first-order chi connectivity index (χ1) is 8.42. The molecule has 1 saturated heterocycles. The van der Waals surface area contributed by atoms with E-state index in [1.54, 1.807) is 6.20 Å². The lowest BCUT2D eigenvalue weighted by molar-refractivity contribution is 0.0744. The van der Waals surface area contributed by atoms with Crippen LogP contribution in [0.4, 0.5) is 0 Å². The molecule has 1 unspecified atom stereocenters. The summed E-state index contributed by atoms with van der Waals surface area (Å²) < 4.78 is 10.5. The number of nitrogens with zero attached hydrogens (tertiary/aromatic N) is 4. The van der Waals surface area contributed by atoms with Crippen molar-refractivity contribution in [3.63, 3.8) is 0 Å². The van der Waals surface area contributed by atoms with E-state index >= 15 is 0 Å². The average Bonchev–Trinajstić information content (AvgIpc) is 3.00. The smallest absolute Gasteiger partial charge is 0.228 e. The van der Waals surface area contributed by atoms with Crippen molar-refractivity contribution in [3.05, 3.63) is 12.1 Å². The van der Waals surface area contributed by atoms with Gasteiger partial charge in [-0.25, -0.2) is 0 Å². The van der Waals surface area contributed by atoms with Gasteiger partial charge in [-0.2, -0.15) is 20.4 Å². The molecule has 2 N–H and O–H groups in total. The van der Waals surface area contributed by atoms with Crippen molar-refractivity contribution >= 4 is 0 Å². The summed E-state index contributed by atoms with van der Waals surface area (Å²) in [6, 6.07) is 0.231. The zero-order chi connectivity index (χ0) is 11.5. The molecule has 8 heteroatoms. The lowest BCUT2D eigenvalue weighted by Crippen LogP contribution is -2.42. The highest BCUT2D eigenvalue weighted by Gasteiger charge is 2.18. The summed E-state index contributed by atoms with van der Waals surface area (Å²) in [6.07, 6.45) is 2.21. The predicted molar refractivity (Wildman–Crippen MR) is 56.0 cm³/mol. The molecule has 0 radical (unpaired) electrons. The minimum Gasteiger partial charge on any atom is -0.378 e. The molecule has 3 heterocycles. The number of H-pyrrole nitrogens is 1. The van der Waals surface area contributed by atoms with E-state index in [4.69, 9.17) is 9.26 Å². The van der Waals surface area contributed by atoms with Gasteiger partial charge in [0.1, 0.15) is 0 Å². The number of ether oxygens (including phenoxy) is 1. The van der Waals surface area contributed by atoms with Crippen molar-refractivity contribution in [2.75, 3.05) is 19.8 Å². The number of hydrogen-bond donors (Lipinski definition) is 2. The quantitative estimate of drug-likeness (QED) is 0.732.